The van der Waals surface area contributed by atoms with E-state index >= 15 is 0 Å². The second kappa shape index (κ2) is 11.0. The standard InChI is InChI=1S/C17H27N5O2/c1-4-9-20-15(23)12-22-17(19-3)21-10-8-13-6-5-7-14(11-13)16(24)18-2/h5-7,11H,4,8-10,12H2,1-3H3,(H,18,24)(H,20,23)(H2,19,21,22). The lowest BCUT2D eigenvalue weighted by molar-refractivity contribution is -0.120. The van der Waals surface area contributed by atoms with Crippen LogP contribution in [-0.2, 0) is 11.2 Å². The highest BCUT2D eigenvalue weighted by molar-refractivity contribution is 5.94. The molecule has 0 aromatic heterocycles. The van der Waals surface area contributed by atoms with E-state index in [0.29, 0.717) is 24.6 Å². The van der Waals surface area contributed by atoms with Crippen molar-refractivity contribution in [3.63, 3.8) is 0 Å². The van der Waals surface area contributed by atoms with E-state index in [9.17, 15) is 9.59 Å². The molecule has 0 aliphatic carbocycles. The second-order valence-electron chi connectivity index (χ2n) is 5.23. The third-order valence-corrected chi connectivity index (χ3v) is 3.33. The topological polar surface area (TPSA) is 94.6 Å². The summed E-state index contributed by atoms with van der Waals surface area (Å²) in [4.78, 5) is 27.3. The number of nitrogens with one attached hydrogen (secondary N) is 4. The quantitative estimate of drug-likeness (QED) is 0.406. The minimum absolute atomic E-state index is 0.0573. The van der Waals surface area contributed by atoms with Crippen molar-refractivity contribution >= 4 is 17.8 Å². The van der Waals surface area contributed by atoms with E-state index in [4.69, 9.17) is 0 Å². The molecule has 0 atom stereocenters. The molecule has 2 amide bonds. The van der Waals surface area contributed by atoms with Gasteiger partial charge < -0.3 is 21.3 Å². The first-order chi connectivity index (χ1) is 11.6. The number of hydrogen-bond donors (Lipinski definition) is 4. The monoisotopic (exact) mass is 333 g/mol. The summed E-state index contributed by atoms with van der Waals surface area (Å²) in [5.74, 6) is 0.419. The number of carbonyl (C=O) groups excluding carboxylic acids is 2. The number of guanidine groups is 1. The molecule has 24 heavy (non-hydrogen) atoms. The lowest BCUT2D eigenvalue weighted by Gasteiger charge is -2.12. The van der Waals surface area contributed by atoms with E-state index in [2.05, 4.69) is 26.3 Å². The zero-order chi connectivity index (χ0) is 17.8. The number of nitrogens with zero attached hydrogens (tertiary/aromatic N) is 1. The van der Waals surface area contributed by atoms with Crippen LogP contribution in [0.5, 0.6) is 0 Å². The Morgan fingerprint density at radius 1 is 1.12 bits per heavy atom. The average Bonchev–Trinajstić information content (AvgIpc) is 2.62. The fraction of sp³-hybridized carbons (Fsp3) is 0.471. The Morgan fingerprint density at radius 3 is 2.58 bits per heavy atom. The van der Waals surface area contributed by atoms with Crippen molar-refractivity contribution in [3.05, 3.63) is 35.4 Å². The van der Waals surface area contributed by atoms with Crippen molar-refractivity contribution in [2.75, 3.05) is 33.7 Å². The highest BCUT2D eigenvalue weighted by atomic mass is 16.2. The molecule has 0 fully saturated rings. The van der Waals surface area contributed by atoms with Gasteiger partial charge in [0.15, 0.2) is 5.96 Å². The maximum atomic E-state index is 11.6. The molecule has 1 aromatic rings. The van der Waals surface area contributed by atoms with Crippen molar-refractivity contribution in [2.45, 2.75) is 19.8 Å². The van der Waals surface area contributed by atoms with Crippen LogP contribution < -0.4 is 21.3 Å². The van der Waals surface area contributed by atoms with Crippen LogP contribution in [-0.4, -0.2) is 51.5 Å². The van der Waals surface area contributed by atoms with Crippen molar-refractivity contribution < 1.29 is 9.59 Å². The first-order valence-corrected chi connectivity index (χ1v) is 8.13. The summed E-state index contributed by atoms with van der Waals surface area (Å²) in [5, 5.41) is 11.5. The largest absolute Gasteiger partial charge is 0.356 e. The number of hydrogen-bond acceptors (Lipinski definition) is 3. The summed E-state index contributed by atoms with van der Waals surface area (Å²) in [5.41, 5.74) is 1.70. The number of carbonyl (C=O) groups is 2. The van der Waals surface area contributed by atoms with E-state index in [1.54, 1.807) is 20.2 Å². The Hall–Kier alpha value is -2.57. The molecule has 7 heteroatoms. The minimum atomic E-state index is -0.0969. The number of rotatable bonds is 8. The van der Waals surface area contributed by atoms with E-state index in [-0.39, 0.29) is 18.4 Å². The van der Waals surface area contributed by atoms with Crippen molar-refractivity contribution in [1.82, 2.24) is 21.3 Å². The predicted molar refractivity (Wildman–Crippen MR) is 96.2 cm³/mol. The molecule has 0 bridgehead atoms. The summed E-state index contributed by atoms with van der Waals surface area (Å²) in [6.07, 6.45) is 1.65. The smallest absolute Gasteiger partial charge is 0.251 e. The zero-order valence-electron chi connectivity index (χ0n) is 14.6. The van der Waals surface area contributed by atoms with Crippen molar-refractivity contribution in [2.24, 2.45) is 4.99 Å². The molecule has 0 unspecified atom stereocenters. The Labute approximate surface area is 143 Å². The molecule has 0 saturated heterocycles. The summed E-state index contributed by atoms with van der Waals surface area (Å²) >= 11 is 0. The van der Waals surface area contributed by atoms with Gasteiger partial charge in [0.2, 0.25) is 5.91 Å². The highest BCUT2D eigenvalue weighted by Crippen LogP contribution is 2.05. The fourth-order valence-electron chi connectivity index (χ4n) is 2.05. The minimum Gasteiger partial charge on any atom is -0.356 e. The molecule has 0 radical (unpaired) electrons. The molecule has 7 nitrogen and oxygen atoms in total. The van der Waals surface area contributed by atoms with Crippen LogP contribution in [0.2, 0.25) is 0 Å². The predicted octanol–water partition coefficient (Wildman–Crippen LogP) is 0.280. The van der Waals surface area contributed by atoms with Gasteiger partial charge in [-0.2, -0.15) is 0 Å². The van der Waals surface area contributed by atoms with Gasteiger partial charge in [0, 0.05) is 32.7 Å². The van der Waals surface area contributed by atoms with Crippen LogP contribution in [0.1, 0.15) is 29.3 Å². The average molecular weight is 333 g/mol. The maximum Gasteiger partial charge on any atom is 0.251 e. The molecule has 0 saturated carbocycles. The van der Waals surface area contributed by atoms with E-state index < -0.39 is 0 Å². The van der Waals surface area contributed by atoms with Crippen LogP contribution in [0.4, 0.5) is 0 Å². The van der Waals surface area contributed by atoms with Crippen LogP contribution in [0.15, 0.2) is 29.3 Å². The van der Waals surface area contributed by atoms with E-state index in [1.165, 1.54) is 0 Å². The molecule has 0 aliphatic rings. The second-order valence-corrected chi connectivity index (χ2v) is 5.23. The molecule has 0 heterocycles. The van der Waals surface area contributed by atoms with Crippen molar-refractivity contribution in [3.8, 4) is 0 Å². The van der Waals surface area contributed by atoms with Crippen molar-refractivity contribution in [1.29, 1.82) is 0 Å². The lowest BCUT2D eigenvalue weighted by Crippen LogP contribution is -2.43. The Kier molecular flexibility index (Phi) is 8.96. The number of benzene rings is 1. The van der Waals surface area contributed by atoms with Gasteiger partial charge in [0.1, 0.15) is 0 Å². The molecule has 0 spiro atoms. The van der Waals surface area contributed by atoms with Gasteiger partial charge in [-0.1, -0.05) is 19.1 Å². The maximum absolute atomic E-state index is 11.6. The fourth-order valence-corrected chi connectivity index (χ4v) is 2.05. The van der Waals surface area contributed by atoms with Crippen LogP contribution in [0.25, 0.3) is 0 Å². The molecule has 132 valence electrons. The van der Waals surface area contributed by atoms with Crippen LogP contribution in [0, 0.1) is 0 Å². The van der Waals surface area contributed by atoms with E-state index in [1.807, 2.05) is 25.1 Å². The summed E-state index contributed by atoms with van der Waals surface area (Å²) in [7, 11) is 3.27. The van der Waals surface area contributed by atoms with Gasteiger partial charge in [-0.05, 0) is 30.5 Å². The molecule has 4 N–H and O–H groups in total. The Balaban J connectivity index is 2.39. The summed E-state index contributed by atoms with van der Waals surface area (Å²) in [6, 6.07) is 7.49. The van der Waals surface area contributed by atoms with Gasteiger partial charge >= 0.3 is 0 Å². The third kappa shape index (κ3) is 7.13. The SMILES string of the molecule is CCCNC(=O)CNC(=NC)NCCc1cccc(C(=O)NC)c1. The third-order valence-electron chi connectivity index (χ3n) is 3.33. The van der Waals surface area contributed by atoms with Gasteiger partial charge in [-0.3, -0.25) is 14.6 Å². The Morgan fingerprint density at radius 2 is 1.92 bits per heavy atom. The van der Waals surface area contributed by atoms with Gasteiger partial charge in [-0.25, -0.2) is 0 Å². The summed E-state index contributed by atoms with van der Waals surface area (Å²) < 4.78 is 0. The first-order valence-electron chi connectivity index (χ1n) is 8.13. The molecular formula is C17H27N5O2. The first kappa shape index (κ1) is 19.5. The number of amides is 2. The zero-order valence-corrected chi connectivity index (χ0v) is 14.6. The van der Waals surface area contributed by atoms with Gasteiger partial charge in [0.25, 0.3) is 5.91 Å². The van der Waals surface area contributed by atoms with Gasteiger partial charge in [0.05, 0.1) is 6.54 Å². The molecule has 0 aliphatic heterocycles. The molecular weight excluding hydrogens is 306 g/mol. The van der Waals surface area contributed by atoms with E-state index in [0.717, 1.165) is 18.4 Å². The molecule has 1 rings (SSSR count). The van der Waals surface area contributed by atoms with Crippen LogP contribution >= 0.6 is 0 Å². The Bertz CT molecular complexity index is 572. The van der Waals surface area contributed by atoms with Gasteiger partial charge in [-0.15, -0.1) is 0 Å². The normalized spacial score (nSPS) is 10.9. The summed E-state index contributed by atoms with van der Waals surface area (Å²) in [6.45, 7) is 3.51. The van der Waals surface area contributed by atoms with Crippen LogP contribution in [0.3, 0.4) is 0 Å². The number of aliphatic imine (C=N–C) groups is 1. The molecule has 1 aromatic carbocycles. The lowest BCUT2D eigenvalue weighted by atomic mass is 10.1. The highest BCUT2D eigenvalue weighted by Gasteiger charge is 2.05.